The minimum atomic E-state index is 1.15. The molecule has 0 saturated heterocycles. The van der Waals surface area contributed by atoms with Crippen molar-refractivity contribution in [3.8, 4) is 44.8 Å². The maximum atomic E-state index is 2.45. The van der Waals surface area contributed by atoms with Gasteiger partial charge in [-0.3, -0.25) is 0 Å². The van der Waals surface area contributed by atoms with Gasteiger partial charge in [-0.25, -0.2) is 0 Å². The van der Waals surface area contributed by atoms with Gasteiger partial charge in [-0.1, -0.05) is 133 Å². The van der Waals surface area contributed by atoms with Crippen molar-refractivity contribution in [2.24, 2.45) is 0 Å². The fourth-order valence-corrected chi connectivity index (χ4v) is 7.81. The highest BCUT2D eigenvalue weighted by molar-refractivity contribution is 6.16. The highest BCUT2D eigenvalue weighted by Crippen LogP contribution is 2.43. The summed E-state index contributed by atoms with van der Waals surface area (Å²) < 4.78 is 4.84. The Morgan fingerprint density at radius 1 is 0.260 bits per heavy atom. The maximum Gasteiger partial charge on any atom is 0.0619 e. The summed E-state index contributed by atoms with van der Waals surface area (Å²) in [6.07, 6.45) is 0. The molecule has 0 saturated carbocycles. The van der Waals surface area contributed by atoms with Crippen LogP contribution in [0.4, 0.5) is 0 Å². The van der Waals surface area contributed by atoms with Gasteiger partial charge in [0.25, 0.3) is 0 Å². The maximum absolute atomic E-state index is 2.45. The molecular formula is C48H32N2. The van der Waals surface area contributed by atoms with Gasteiger partial charge >= 0.3 is 0 Å². The van der Waals surface area contributed by atoms with E-state index in [-0.39, 0.29) is 0 Å². The highest BCUT2D eigenvalue weighted by atomic mass is 15.0. The topological polar surface area (TPSA) is 9.86 Å². The van der Waals surface area contributed by atoms with Crippen LogP contribution in [0.3, 0.4) is 0 Å². The summed E-state index contributed by atoms with van der Waals surface area (Å²) in [6.45, 7) is 0. The van der Waals surface area contributed by atoms with Crippen molar-refractivity contribution in [1.29, 1.82) is 0 Å². The van der Waals surface area contributed by atoms with E-state index in [4.69, 9.17) is 0 Å². The first-order valence-corrected chi connectivity index (χ1v) is 17.2. The molecular weight excluding hydrogens is 605 g/mol. The van der Waals surface area contributed by atoms with Crippen LogP contribution in [0.25, 0.3) is 88.4 Å². The molecule has 10 aromatic rings. The van der Waals surface area contributed by atoms with Crippen molar-refractivity contribution in [1.82, 2.24) is 9.13 Å². The molecule has 2 aromatic heterocycles. The van der Waals surface area contributed by atoms with Crippen LogP contribution in [0.15, 0.2) is 194 Å². The van der Waals surface area contributed by atoms with Crippen molar-refractivity contribution in [2.75, 3.05) is 0 Å². The summed E-state index contributed by atoms with van der Waals surface area (Å²) in [5, 5.41) is 5.00. The van der Waals surface area contributed by atoms with E-state index in [1.54, 1.807) is 0 Å². The first kappa shape index (κ1) is 28.4. The van der Waals surface area contributed by atoms with Gasteiger partial charge in [-0.05, 0) is 88.5 Å². The van der Waals surface area contributed by atoms with Gasteiger partial charge in [0.15, 0.2) is 0 Å². The monoisotopic (exact) mass is 636 g/mol. The zero-order valence-corrected chi connectivity index (χ0v) is 27.4. The number of benzene rings is 8. The molecule has 0 spiro atoms. The summed E-state index contributed by atoms with van der Waals surface area (Å²) >= 11 is 0. The van der Waals surface area contributed by atoms with Crippen molar-refractivity contribution in [3.63, 3.8) is 0 Å². The Morgan fingerprint density at radius 3 is 1.50 bits per heavy atom. The SMILES string of the molecule is c1ccc(-c2cc(-c3ccccc3)c3c(c2)c2cc(-c4ccc5c6ccccc6n(-c6ccccc6)c5c4)ccc2n3-c2ccccc2)cc1. The standard InChI is InChI=1S/C48H32N2/c1-5-15-33(16-6-1)37-30-42(34-17-7-2-8-18-34)48-44(31-37)43-29-35(26-28-46(43)50(48)39-21-11-4-12-22-39)36-25-27-41-40-23-13-14-24-45(40)49(47(41)32-36)38-19-9-3-10-20-38/h1-32H. The second-order valence-electron chi connectivity index (χ2n) is 13.0. The number of hydrogen-bond donors (Lipinski definition) is 0. The number of rotatable bonds is 5. The van der Waals surface area contributed by atoms with Crippen LogP contribution in [-0.2, 0) is 0 Å². The van der Waals surface area contributed by atoms with Crippen molar-refractivity contribution >= 4 is 43.6 Å². The second kappa shape index (κ2) is 11.5. The molecule has 2 nitrogen and oxygen atoms in total. The summed E-state index contributed by atoms with van der Waals surface area (Å²) in [4.78, 5) is 0. The molecule has 0 unspecified atom stereocenters. The van der Waals surface area contributed by atoms with E-state index in [9.17, 15) is 0 Å². The zero-order valence-electron chi connectivity index (χ0n) is 27.4. The summed E-state index contributed by atoms with van der Waals surface area (Å²) in [7, 11) is 0. The lowest BCUT2D eigenvalue weighted by atomic mass is 9.95. The van der Waals surface area contributed by atoms with E-state index in [1.165, 1.54) is 82.7 Å². The minimum absolute atomic E-state index is 1.15. The molecule has 0 N–H and O–H groups in total. The van der Waals surface area contributed by atoms with E-state index in [1.807, 2.05) is 0 Å². The van der Waals surface area contributed by atoms with E-state index < -0.39 is 0 Å². The Hall–Kier alpha value is -6.64. The molecule has 0 atom stereocenters. The minimum Gasteiger partial charge on any atom is -0.309 e. The highest BCUT2D eigenvalue weighted by Gasteiger charge is 2.20. The number of hydrogen-bond acceptors (Lipinski definition) is 0. The average Bonchev–Trinajstić information content (AvgIpc) is 3.71. The lowest BCUT2D eigenvalue weighted by Gasteiger charge is -2.13. The van der Waals surface area contributed by atoms with Crippen LogP contribution in [0.1, 0.15) is 0 Å². The Balaban J connectivity index is 1.27. The Bertz CT molecular complexity index is 2830. The zero-order chi connectivity index (χ0) is 33.0. The van der Waals surface area contributed by atoms with Crippen LogP contribution in [0.2, 0.25) is 0 Å². The van der Waals surface area contributed by atoms with Gasteiger partial charge in [0.2, 0.25) is 0 Å². The van der Waals surface area contributed by atoms with Crippen molar-refractivity contribution < 1.29 is 0 Å². The quantitative estimate of drug-likeness (QED) is 0.178. The van der Waals surface area contributed by atoms with Crippen molar-refractivity contribution in [2.45, 2.75) is 0 Å². The van der Waals surface area contributed by atoms with Gasteiger partial charge in [0.1, 0.15) is 0 Å². The first-order chi connectivity index (χ1) is 24.8. The smallest absolute Gasteiger partial charge is 0.0619 e. The average molecular weight is 637 g/mol. The number of aromatic nitrogens is 2. The normalized spacial score (nSPS) is 11.6. The lowest BCUT2D eigenvalue weighted by Crippen LogP contribution is -1.95. The lowest BCUT2D eigenvalue weighted by molar-refractivity contribution is 1.18. The first-order valence-electron chi connectivity index (χ1n) is 17.2. The molecule has 0 aliphatic heterocycles. The molecule has 0 amide bonds. The van der Waals surface area contributed by atoms with Crippen LogP contribution >= 0.6 is 0 Å². The van der Waals surface area contributed by atoms with Crippen molar-refractivity contribution in [3.05, 3.63) is 194 Å². The summed E-state index contributed by atoms with van der Waals surface area (Å²) in [5.41, 5.74) is 14.4. The molecule has 50 heavy (non-hydrogen) atoms. The fourth-order valence-electron chi connectivity index (χ4n) is 7.81. The van der Waals surface area contributed by atoms with E-state index in [2.05, 4.69) is 203 Å². The third kappa shape index (κ3) is 4.50. The molecule has 234 valence electrons. The summed E-state index contributed by atoms with van der Waals surface area (Å²) in [6, 6.07) is 70.4. The molecule has 0 bridgehead atoms. The molecule has 8 aromatic carbocycles. The van der Waals surface area contributed by atoms with Crippen LogP contribution < -0.4 is 0 Å². The van der Waals surface area contributed by atoms with Crippen LogP contribution in [-0.4, -0.2) is 9.13 Å². The molecule has 0 fully saturated rings. The van der Waals surface area contributed by atoms with Crippen LogP contribution in [0, 0.1) is 0 Å². The van der Waals surface area contributed by atoms with E-state index in [0.717, 1.165) is 5.69 Å². The third-order valence-corrected chi connectivity index (χ3v) is 10.1. The molecule has 2 heterocycles. The number of fused-ring (bicyclic) bond motifs is 6. The predicted octanol–water partition coefficient (Wildman–Crippen LogP) is 12.9. The van der Waals surface area contributed by atoms with E-state index in [0.29, 0.717) is 0 Å². The fraction of sp³-hybridized carbons (Fsp3) is 0. The Kier molecular flexibility index (Phi) is 6.53. The second-order valence-corrected chi connectivity index (χ2v) is 13.0. The Labute approximate surface area is 290 Å². The predicted molar refractivity (Wildman–Crippen MR) is 211 cm³/mol. The largest absolute Gasteiger partial charge is 0.309 e. The van der Waals surface area contributed by atoms with Gasteiger partial charge in [0.05, 0.1) is 22.1 Å². The van der Waals surface area contributed by atoms with Gasteiger partial charge in [-0.15, -0.1) is 0 Å². The van der Waals surface area contributed by atoms with Gasteiger partial charge in [-0.2, -0.15) is 0 Å². The Morgan fingerprint density at radius 2 is 0.780 bits per heavy atom. The molecule has 0 aliphatic carbocycles. The van der Waals surface area contributed by atoms with Gasteiger partial charge in [0, 0.05) is 38.5 Å². The molecule has 2 heteroatoms. The number of para-hydroxylation sites is 3. The van der Waals surface area contributed by atoms with E-state index >= 15 is 0 Å². The third-order valence-electron chi connectivity index (χ3n) is 10.1. The number of nitrogens with zero attached hydrogens (tertiary/aromatic N) is 2. The van der Waals surface area contributed by atoms with Crippen LogP contribution in [0.5, 0.6) is 0 Å². The molecule has 0 radical (unpaired) electrons. The summed E-state index contributed by atoms with van der Waals surface area (Å²) in [5.74, 6) is 0. The molecule has 0 aliphatic rings. The van der Waals surface area contributed by atoms with Gasteiger partial charge < -0.3 is 9.13 Å². The molecule has 10 rings (SSSR count).